The first-order chi connectivity index (χ1) is 7.74. The number of phenols is 1. The molecule has 1 amide bonds. The van der Waals surface area contributed by atoms with Gasteiger partial charge in [-0.1, -0.05) is 12.1 Å². The number of carbonyl (C=O) groups excluding carboxylic acids is 1. The van der Waals surface area contributed by atoms with Crippen molar-refractivity contribution in [2.45, 2.75) is 12.8 Å². The molecule has 1 aromatic carbocycles. The second kappa shape index (κ2) is 4.78. The molecule has 0 radical (unpaired) electrons. The number of para-hydroxylation sites is 1. The van der Waals surface area contributed by atoms with Gasteiger partial charge in [-0.2, -0.15) is 11.8 Å². The van der Waals surface area contributed by atoms with E-state index < -0.39 is 0 Å². The van der Waals surface area contributed by atoms with Gasteiger partial charge in [0.05, 0.1) is 11.4 Å². The molecule has 0 aromatic heterocycles. The third-order valence-electron chi connectivity index (χ3n) is 2.76. The average Bonchev–Trinajstić information content (AvgIpc) is 2.29. The molecule has 0 saturated carbocycles. The molecule has 2 rings (SSSR count). The molecule has 0 aliphatic carbocycles. The van der Waals surface area contributed by atoms with Gasteiger partial charge in [-0.3, -0.25) is 4.79 Å². The summed E-state index contributed by atoms with van der Waals surface area (Å²) >= 11 is 1.51. The number of aryl methyl sites for hydroxylation is 1. The Balaban J connectivity index is 2.35. The standard InChI is InChI=1S/C12H15NO2S/c1-16-8-11(15)13-7-3-5-9-4-2-6-10(14)12(9)13/h2,4,6,14H,3,5,7-8H2,1H3. The van der Waals surface area contributed by atoms with E-state index >= 15 is 0 Å². The molecule has 0 unspecified atom stereocenters. The van der Waals surface area contributed by atoms with Crippen molar-refractivity contribution in [1.29, 1.82) is 0 Å². The van der Waals surface area contributed by atoms with Crippen molar-refractivity contribution < 1.29 is 9.90 Å². The molecule has 1 aliphatic heterocycles. The van der Waals surface area contributed by atoms with E-state index in [1.807, 2.05) is 18.4 Å². The highest BCUT2D eigenvalue weighted by Crippen LogP contribution is 2.35. The number of aromatic hydroxyl groups is 1. The monoisotopic (exact) mass is 237 g/mol. The number of anilines is 1. The Morgan fingerprint density at radius 3 is 3.12 bits per heavy atom. The van der Waals surface area contributed by atoms with Crippen molar-refractivity contribution in [2.75, 3.05) is 23.5 Å². The SMILES string of the molecule is CSCC(=O)N1CCCc2cccc(O)c21. The molecule has 1 N–H and O–H groups in total. The van der Waals surface area contributed by atoms with E-state index in [9.17, 15) is 9.90 Å². The zero-order chi connectivity index (χ0) is 11.5. The smallest absolute Gasteiger partial charge is 0.237 e. The van der Waals surface area contributed by atoms with Crippen LogP contribution in [0.1, 0.15) is 12.0 Å². The van der Waals surface area contributed by atoms with Gasteiger partial charge >= 0.3 is 0 Å². The summed E-state index contributed by atoms with van der Waals surface area (Å²) in [7, 11) is 0. The quantitative estimate of drug-likeness (QED) is 0.855. The predicted octanol–water partition coefficient (Wildman–Crippen LogP) is 2.03. The third-order valence-corrected chi connectivity index (χ3v) is 3.30. The lowest BCUT2D eigenvalue weighted by molar-refractivity contribution is -0.116. The van der Waals surface area contributed by atoms with Crippen LogP contribution in [-0.4, -0.2) is 29.6 Å². The molecule has 1 heterocycles. The molecule has 0 saturated heterocycles. The molecule has 4 heteroatoms. The molecule has 3 nitrogen and oxygen atoms in total. The highest BCUT2D eigenvalue weighted by Gasteiger charge is 2.24. The summed E-state index contributed by atoms with van der Waals surface area (Å²) in [6, 6.07) is 5.45. The molecule has 0 atom stereocenters. The third kappa shape index (κ3) is 2.02. The number of thioether (sulfide) groups is 1. The largest absolute Gasteiger partial charge is 0.506 e. The maximum atomic E-state index is 11.9. The van der Waals surface area contributed by atoms with Crippen LogP contribution >= 0.6 is 11.8 Å². The van der Waals surface area contributed by atoms with Crippen LogP contribution in [0.15, 0.2) is 18.2 Å². The molecule has 1 aromatic rings. The van der Waals surface area contributed by atoms with Crippen LogP contribution in [0.5, 0.6) is 5.75 Å². The second-order valence-electron chi connectivity index (χ2n) is 3.87. The number of carbonyl (C=O) groups is 1. The van der Waals surface area contributed by atoms with E-state index in [-0.39, 0.29) is 11.7 Å². The fourth-order valence-electron chi connectivity index (χ4n) is 2.08. The number of phenolic OH excluding ortho intramolecular Hbond substituents is 1. The van der Waals surface area contributed by atoms with E-state index in [0.717, 1.165) is 18.4 Å². The van der Waals surface area contributed by atoms with Gasteiger partial charge in [-0.15, -0.1) is 0 Å². The molecule has 0 spiro atoms. The summed E-state index contributed by atoms with van der Waals surface area (Å²) in [5.74, 6) is 0.759. The maximum Gasteiger partial charge on any atom is 0.237 e. The van der Waals surface area contributed by atoms with Gasteiger partial charge in [0.25, 0.3) is 0 Å². The normalized spacial score (nSPS) is 14.7. The lowest BCUT2D eigenvalue weighted by Crippen LogP contribution is -2.36. The van der Waals surface area contributed by atoms with E-state index in [0.29, 0.717) is 18.0 Å². The molecular weight excluding hydrogens is 222 g/mol. The second-order valence-corrected chi connectivity index (χ2v) is 4.73. The lowest BCUT2D eigenvalue weighted by Gasteiger charge is -2.29. The Morgan fingerprint density at radius 1 is 1.56 bits per heavy atom. The zero-order valence-electron chi connectivity index (χ0n) is 9.27. The van der Waals surface area contributed by atoms with Crippen LogP contribution in [0.25, 0.3) is 0 Å². The molecule has 16 heavy (non-hydrogen) atoms. The summed E-state index contributed by atoms with van der Waals surface area (Å²) in [6.45, 7) is 0.712. The van der Waals surface area contributed by atoms with Crippen molar-refractivity contribution in [2.24, 2.45) is 0 Å². The Morgan fingerprint density at radius 2 is 2.38 bits per heavy atom. The van der Waals surface area contributed by atoms with Gasteiger partial charge in [-0.25, -0.2) is 0 Å². The average molecular weight is 237 g/mol. The number of nitrogens with zero attached hydrogens (tertiary/aromatic N) is 1. The van der Waals surface area contributed by atoms with Gasteiger partial charge in [0, 0.05) is 6.54 Å². The summed E-state index contributed by atoms with van der Waals surface area (Å²) < 4.78 is 0. The lowest BCUT2D eigenvalue weighted by atomic mass is 10.0. The van der Waals surface area contributed by atoms with Crippen molar-refractivity contribution >= 4 is 23.4 Å². The van der Waals surface area contributed by atoms with Crippen molar-refractivity contribution in [3.63, 3.8) is 0 Å². The Hall–Kier alpha value is -1.16. The molecule has 1 aliphatic rings. The first-order valence-corrected chi connectivity index (χ1v) is 6.73. The highest BCUT2D eigenvalue weighted by atomic mass is 32.2. The number of hydrogen-bond donors (Lipinski definition) is 1. The fraction of sp³-hybridized carbons (Fsp3) is 0.417. The fourth-order valence-corrected chi connectivity index (χ4v) is 2.48. The number of rotatable bonds is 2. The Labute approximate surface area is 99.5 Å². The van der Waals surface area contributed by atoms with Crippen LogP contribution in [-0.2, 0) is 11.2 Å². The van der Waals surface area contributed by atoms with Crippen LogP contribution in [0, 0.1) is 0 Å². The van der Waals surface area contributed by atoms with Crippen molar-refractivity contribution in [1.82, 2.24) is 0 Å². The summed E-state index contributed by atoms with van der Waals surface area (Å²) in [5.41, 5.74) is 1.79. The summed E-state index contributed by atoms with van der Waals surface area (Å²) in [6.07, 6.45) is 3.82. The Bertz CT molecular complexity index is 406. The maximum absolute atomic E-state index is 11.9. The van der Waals surface area contributed by atoms with Crippen molar-refractivity contribution in [3.8, 4) is 5.75 Å². The van der Waals surface area contributed by atoms with E-state index in [4.69, 9.17) is 0 Å². The van der Waals surface area contributed by atoms with Crippen molar-refractivity contribution in [3.05, 3.63) is 23.8 Å². The van der Waals surface area contributed by atoms with Gasteiger partial charge in [0.2, 0.25) is 5.91 Å². The van der Waals surface area contributed by atoms with Gasteiger partial charge in [0.1, 0.15) is 5.75 Å². The molecule has 86 valence electrons. The number of fused-ring (bicyclic) bond motifs is 1. The number of hydrogen-bond acceptors (Lipinski definition) is 3. The van der Waals surface area contributed by atoms with Crippen LogP contribution < -0.4 is 4.90 Å². The molecule has 0 bridgehead atoms. The first-order valence-electron chi connectivity index (χ1n) is 5.34. The van der Waals surface area contributed by atoms with E-state index in [1.165, 1.54) is 11.8 Å². The topological polar surface area (TPSA) is 40.5 Å². The van der Waals surface area contributed by atoms with Gasteiger partial charge < -0.3 is 10.0 Å². The van der Waals surface area contributed by atoms with Crippen LogP contribution in [0.2, 0.25) is 0 Å². The minimum absolute atomic E-state index is 0.0787. The number of benzene rings is 1. The minimum Gasteiger partial charge on any atom is -0.506 e. The zero-order valence-corrected chi connectivity index (χ0v) is 10.1. The van der Waals surface area contributed by atoms with Crippen LogP contribution in [0.3, 0.4) is 0 Å². The first kappa shape index (κ1) is 11.3. The molecule has 0 fully saturated rings. The van der Waals surface area contributed by atoms with Gasteiger partial charge in [0.15, 0.2) is 0 Å². The summed E-state index contributed by atoms with van der Waals surface area (Å²) in [5, 5.41) is 9.84. The summed E-state index contributed by atoms with van der Waals surface area (Å²) in [4.78, 5) is 13.6. The predicted molar refractivity (Wildman–Crippen MR) is 67.2 cm³/mol. The Kier molecular flexibility index (Phi) is 3.39. The van der Waals surface area contributed by atoms with Crippen LogP contribution in [0.4, 0.5) is 5.69 Å². The minimum atomic E-state index is 0.0787. The molecular formula is C12H15NO2S. The highest BCUT2D eigenvalue weighted by molar-refractivity contribution is 7.99. The van der Waals surface area contributed by atoms with E-state index in [1.54, 1.807) is 11.0 Å². The number of amides is 1. The van der Waals surface area contributed by atoms with Gasteiger partial charge in [-0.05, 0) is 30.7 Å². The van der Waals surface area contributed by atoms with E-state index in [2.05, 4.69) is 0 Å².